The van der Waals surface area contributed by atoms with Crippen molar-refractivity contribution in [2.24, 2.45) is 17.8 Å². The van der Waals surface area contributed by atoms with Gasteiger partial charge < -0.3 is 15.8 Å². The predicted octanol–water partition coefficient (Wildman–Crippen LogP) is 3.30. The Balaban J connectivity index is 1.53. The third-order valence-electron chi connectivity index (χ3n) is 4.42. The number of nitrogens with zero attached hydrogens (tertiary/aromatic N) is 1. The van der Waals surface area contributed by atoms with Crippen LogP contribution in [0.3, 0.4) is 0 Å². The zero-order chi connectivity index (χ0) is 13.9. The lowest BCUT2D eigenvalue weighted by atomic mass is 10.1. The molecule has 0 spiro atoms. The summed E-state index contributed by atoms with van der Waals surface area (Å²) in [5.74, 6) is 3.83. The summed E-state index contributed by atoms with van der Waals surface area (Å²) < 4.78 is 5.71. The molecule has 1 aromatic rings. The third-order valence-corrected chi connectivity index (χ3v) is 4.42. The maximum atomic E-state index is 5.92. The van der Waals surface area contributed by atoms with Crippen LogP contribution in [0.1, 0.15) is 39.0 Å². The third kappa shape index (κ3) is 3.56. The van der Waals surface area contributed by atoms with Crippen molar-refractivity contribution in [3.8, 4) is 5.88 Å². The van der Waals surface area contributed by atoms with Crippen LogP contribution in [0, 0.1) is 17.8 Å². The summed E-state index contributed by atoms with van der Waals surface area (Å²) in [4.78, 5) is 4.49. The minimum absolute atomic E-state index is 0.585. The van der Waals surface area contributed by atoms with Gasteiger partial charge in [0.2, 0.25) is 5.88 Å². The Morgan fingerprint density at radius 3 is 2.75 bits per heavy atom. The Morgan fingerprint density at radius 2 is 2.05 bits per heavy atom. The van der Waals surface area contributed by atoms with Crippen LogP contribution < -0.4 is 15.8 Å². The maximum absolute atomic E-state index is 5.92. The molecular weight excluding hydrogens is 250 g/mol. The fraction of sp³-hybridized carbons (Fsp3) is 0.688. The molecule has 0 aromatic carbocycles. The van der Waals surface area contributed by atoms with E-state index < -0.39 is 0 Å². The van der Waals surface area contributed by atoms with Gasteiger partial charge in [0, 0.05) is 6.54 Å². The standard InChI is InChI=1S/C16H25N3O/c1-11-2-3-13(8-11)9-18-15-7-6-14(17)16(19-15)20-10-12-4-5-12/h6-7,11-13H,2-5,8-10,17H2,1H3,(H,18,19). The average molecular weight is 275 g/mol. The molecule has 2 saturated carbocycles. The first-order valence-corrected chi connectivity index (χ1v) is 7.84. The summed E-state index contributed by atoms with van der Waals surface area (Å²) in [6.45, 7) is 4.09. The monoisotopic (exact) mass is 275 g/mol. The Labute approximate surface area is 121 Å². The predicted molar refractivity (Wildman–Crippen MR) is 81.9 cm³/mol. The van der Waals surface area contributed by atoms with Gasteiger partial charge in [-0.05, 0) is 55.6 Å². The Kier molecular flexibility index (Phi) is 3.99. The second-order valence-electron chi connectivity index (χ2n) is 6.51. The molecule has 2 aliphatic carbocycles. The zero-order valence-electron chi connectivity index (χ0n) is 12.3. The second kappa shape index (κ2) is 5.90. The summed E-state index contributed by atoms with van der Waals surface area (Å²) in [6.07, 6.45) is 6.56. The largest absolute Gasteiger partial charge is 0.476 e. The number of ether oxygens (including phenoxy) is 1. The highest BCUT2D eigenvalue weighted by Gasteiger charge is 2.23. The van der Waals surface area contributed by atoms with Crippen molar-refractivity contribution >= 4 is 11.5 Å². The smallest absolute Gasteiger partial charge is 0.239 e. The molecule has 3 N–H and O–H groups in total. The molecular formula is C16H25N3O. The normalized spacial score (nSPS) is 25.6. The molecule has 0 amide bonds. The molecule has 20 heavy (non-hydrogen) atoms. The topological polar surface area (TPSA) is 60.2 Å². The number of rotatable bonds is 6. The lowest BCUT2D eigenvalue weighted by Gasteiger charge is -2.13. The number of anilines is 2. The van der Waals surface area contributed by atoms with Crippen LogP contribution >= 0.6 is 0 Å². The molecule has 0 aliphatic heterocycles. The lowest BCUT2D eigenvalue weighted by Crippen LogP contribution is -2.13. The zero-order valence-corrected chi connectivity index (χ0v) is 12.3. The molecule has 2 atom stereocenters. The number of aromatic nitrogens is 1. The molecule has 0 saturated heterocycles. The fourth-order valence-electron chi connectivity index (χ4n) is 2.91. The molecule has 1 heterocycles. The van der Waals surface area contributed by atoms with Crippen LogP contribution in [-0.4, -0.2) is 18.1 Å². The van der Waals surface area contributed by atoms with E-state index in [-0.39, 0.29) is 0 Å². The van der Waals surface area contributed by atoms with Crippen molar-refractivity contribution in [2.75, 3.05) is 24.2 Å². The summed E-state index contributed by atoms with van der Waals surface area (Å²) in [6, 6.07) is 3.83. The minimum atomic E-state index is 0.585. The van der Waals surface area contributed by atoms with E-state index in [1.807, 2.05) is 12.1 Å². The van der Waals surface area contributed by atoms with Gasteiger partial charge in [-0.1, -0.05) is 13.3 Å². The highest BCUT2D eigenvalue weighted by molar-refractivity contribution is 5.53. The summed E-state index contributed by atoms with van der Waals surface area (Å²) in [5, 5.41) is 3.43. The van der Waals surface area contributed by atoms with Crippen LogP contribution in [0.4, 0.5) is 11.5 Å². The van der Waals surface area contributed by atoms with Crippen molar-refractivity contribution in [1.82, 2.24) is 4.98 Å². The van der Waals surface area contributed by atoms with Gasteiger partial charge in [-0.25, -0.2) is 0 Å². The summed E-state index contributed by atoms with van der Waals surface area (Å²) in [7, 11) is 0. The number of hydrogen-bond acceptors (Lipinski definition) is 4. The summed E-state index contributed by atoms with van der Waals surface area (Å²) in [5.41, 5.74) is 6.55. The minimum Gasteiger partial charge on any atom is -0.476 e. The van der Waals surface area contributed by atoms with Crippen LogP contribution in [-0.2, 0) is 0 Å². The fourth-order valence-corrected chi connectivity index (χ4v) is 2.91. The number of nitrogens with two attached hydrogens (primary N) is 1. The quantitative estimate of drug-likeness (QED) is 0.836. The molecule has 3 rings (SSSR count). The van der Waals surface area contributed by atoms with Crippen LogP contribution in [0.25, 0.3) is 0 Å². The Hall–Kier alpha value is -1.45. The van der Waals surface area contributed by atoms with E-state index in [4.69, 9.17) is 10.5 Å². The van der Waals surface area contributed by atoms with Crippen molar-refractivity contribution in [3.05, 3.63) is 12.1 Å². The molecule has 2 aliphatic rings. The number of pyridine rings is 1. The van der Waals surface area contributed by atoms with E-state index >= 15 is 0 Å². The lowest BCUT2D eigenvalue weighted by molar-refractivity contribution is 0.290. The molecule has 0 radical (unpaired) electrons. The molecule has 4 nitrogen and oxygen atoms in total. The number of hydrogen-bond donors (Lipinski definition) is 2. The van der Waals surface area contributed by atoms with Gasteiger partial charge in [0.25, 0.3) is 0 Å². The van der Waals surface area contributed by atoms with Gasteiger partial charge >= 0.3 is 0 Å². The van der Waals surface area contributed by atoms with Gasteiger partial charge in [0.15, 0.2) is 0 Å². The van der Waals surface area contributed by atoms with E-state index in [0.717, 1.165) is 30.8 Å². The first-order chi connectivity index (χ1) is 9.70. The number of nitrogens with one attached hydrogen (secondary N) is 1. The van der Waals surface area contributed by atoms with Gasteiger partial charge in [0.05, 0.1) is 12.3 Å². The van der Waals surface area contributed by atoms with Crippen LogP contribution in [0.5, 0.6) is 5.88 Å². The average Bonchev–Trinajstić information content (AvgIpc) is 3.18. The second-order valence-corrected chi connectivity index (χ2v) is 6.51. The van der Waals surface area contributed by atoms with Gasteiger partial charge in [-0.3, -0.25) is 0 Å². The van der Waals surface area contributed by atoms with Crippen molar-refractivity contribution in [1.29, 1.82) is 0 Å². The van der Waals surface area contributed by atoms with Crippen molar-refractivity contribution < 1.29 is 4.74 Å². The summed E-state index contributed by atoms with van der Waals surface area (Å²) >= 11 is 0. The van der Waals surface area contributed by atoms with Crippen molar-refractivity contribution in [3.63, 3.8) is 0 Å². The van der Waals surface area contributed by atoms with Crippen LogP contribution in [0.15, 0.2) is 12.1 Å². The van der Waals surface area contributed by atoms with E-state index in [1.165, 1.54) is 32.1 Å². The van der Waals surface area contributed by atoms with Gasteiger partial charge in [0.1, 0.15) is 5.82 Å². The highest BCUT2D eigenvalue weighted by atomic mass is 16.5. The van der Waals surface area contributed by atoms with Crippen molar-refractivity contribution in [2.45, 2.75) is 39.0 Å². The Morgan fingerprint density at radius 1 is 1.25 bits per heavy atom. The molecule has 0 bridgehead atoms. The molecule has 2 fully saturated rings. The van der Waals surface area contributed by atoms with E-state index in [9.17, 15) is 0 Å². The van der Waals surface area contributed by atoms with E-state index in [1.54, 1.807) is 0 Å². The van der Waals surface area contributed by atoms with E-state index in [2.05, 4.69) is 17.2 Å². The molecule has 2 unspecified atom stereocenters. The van der Waals surface area contributed by atoms with E-state index in [0.29, 0.717) is 17.5 Å². The maximum Gasteiger partial charge on any atom is 0.239 e. The first-order valence-electron chi connectivity index (χ1n) is 7.84. The molecule has 4 heteroatoms. The van der Waals surface area contributed by atoms with Crippen LogP contribution in [0.2, 0.25) is 0 Å². The SMILES string of the molecule is CC1CCC(CNc2ccc(N)c(OCC3CC3)n2)C1. The van der Waals surface area contributed by atoms with Gasteiger partial charge in [-0.2, -0.15) is 4.98 Å². The first kappa shape index (κ1) is 13.5. The number of nitrogen functional groups attached to an aromatic ring is 1. The molecule has 1 aromatic heterocycles. The Bertz CT molecular complexity index is 459. The molecule has 110 valence electrons. The van der Waals surface area contributed by atoms with Gasteiger partial charge in [-0.15, -0.1) is 0 Å². The highest BCUT2D eigenvalue weighted by Crippen LogP contribution is 2.32.